The normalized spacial score (nSPS) is 16.5. The Balaban J connectivity index is 1.94. The fraction of sp³-hybridized carbons (Fsp3) is 0.500. The second-order valence-corrected chi connectivity index (χ2v) is 5.79. The summed E-state index contributed by atoms with van der Waals surface area (Å²) in [6.45, 7) is 8.06. The van der Waals surface area contributed by atoms with Gasteiger partial charge in [0.25, 0.3) is 6.01 Å². The fourth-order valence-electron chi connectivity index (χ4n) is 2.71. The van der Waals surface area contributed by atoms with Crippen molar-refractivity contribution in [2.24, 2.45) is 11.0 Å². The Kier molecular flexibility index (Phi) is 4.29. The van der Waals surface area contributed by atoms with Gasteiger partial charge in [-0.1, -0.05) is 19.9 Å². The van der Waals surface area contributed by atoms with E-state index in [2.05, 4.69) is 45.6 Å². The molecule has 0 saturated carbocycles. The van der Waals surface area contributed by atoms with Gasteiger partial charge in [-0.25, -0.2) is 0 Å². The van der Waals surface area contributed by atoms with Crippen molar-refractivity contribution in [3.8, 4) is 0 Å². The molecular formula is C16H23N5O. The summed E-state index contributed by atoms with van der Waals surface area (Å²) in [5.41, 5.74) is 6.68. The second kappa shape index (κ2) is 6.36. The Morgan fingerprint density at radius 2 is 2.14 bits per heavy atom. The summed E-state index contributed by atoms with van der Waals surface area (Å²) in [5, 5.41) is 7.72. The molecule has 0 radical (unpaired) electrons. The maximum absolute atomic E-state index is 5.97. The maximum atomic E-state index is 5.97. The number of hydrogen-bond donors (Lipinski definition) is 2. The number of nitrogens with one attached hydrogen (secondary N) is 2. The summed E-state index contributed by atoms with van der Waals surface area (Å²) in [5.74, 6) is 0.334. The zero-order valence-corrected chi connectivity index (χ0v) is 13.4. The van der Waals surface area contributed by atoms with Crippen molar-refractivity contribution < 1.29 is 4.42 Å². The van der Waals surface area contributed by atoms with Gasteiger partial charge in [-0.05, 0) is 18.1 Å². The number of nitrogens with zero attached hydrogens (tertiary/aromatic N) is 3. The van der Waals surface area contributed by atoms with E-state index < -0.39 is 0 Å². The lowest BCUT2D eigenvalue weighted by Gasteiger charge is -2.25. The number of hydrogen-bond acceptors (Lipinski definition) is 6. The molecule has 0 aliphatic carbocycles. The quantitative estimate of drug-likeness (QED) is 0.666. The summed E-state index contributed by atoms with van der Waals surface area (Å²) >= 11 is 0. The van der Waals surface area contributed by atoms with Crippen LogP contribution >= 0.6 is 0 Å². The number of hydrazone groups is 1. The Hall–Kier alpha value is -2.08. The van der Waals surface area contributed by atoms with E-state index in [-0.39, 0.29) is 0 Å². The molecule has 0 bridgehead atoms. The molecule has 0 unspecified atom stereocenters. The van der Waals surface area contributed by atoms with Crippen LogP contribution in [-0.2, 0) is 0 Å². The van der Waals surface area contributed by atoms with E-state index in [1.165, 1.54) is 0 Å². The number of fused-ring (bicyclic) bond motifs is 1. The lowest BCUT2D eigenvalue weighted by atomic mass is 10.00. The van der Waals surface area contributed by atoms with Gasteiger partial charge in [0.1, 0.15) is 5.52 Å². The van der Waals surface area contributed by atoms with E-state index in [0.717, 1.165) is 48.6 Å². The average molecular weight is 301 g/mol. The SMILES string of the molecule is CN/N=C(/c1ccc2nc(N3CCNCC3)oc2c1)C(C)C. The number of benzene rings is 1. The van der Waals surface area contributed by atoms with Gasteiger partial charge in [0, 0.05) is 38.8 Å². The van der Waals surface area contributed by atoms with Crippen molar-refractivity contribution in [3.63, 3.8) is 0 Å². The van der Waals surface area contributed by atoms with Crippen LogP contribution in [0.1, 0.15) is 19.4 Å². The standard InChI is InChI=1S/C16H23N5O/c1-11(2)15(20-17-3)12-4-5-13-14(10-12)22-16(19-13)21-8-6-18-7-9-21/h4-5,10-11,17-18H,6-9H2,1-3H3/b20-15+. The lowest BCUT2D eigenvalue weighted by molar-refractivity contribution is 0.517. The van der Waals surface area contributed by atoms with Gasteiger partial charge in [-0.3, -0.25) is 0 Å². The Labute approximate surface area is 130 Å². The second-order valence-electron chi connectivity index (χ2n) is 5.79. The zero-order chi connectivity index (χ0) is 15.5. The molecule has 118 valence electrons. The molecule has 1 aromatic carbocycles. The van der Waals surface area contributed by atoms with Crippen LogP contribution in [0.5, 0.6) is 0 Å². The highest BCUT2D eigenvalue weighted by Crippen LogP contribution is 2.24. The first-order valence-electron chi connectivity index (χ1n) is 7.80. The minimum Gasteiger partial charge on any atom is -0.423 e. The molecule has 0 atom stereocenters. The van der Waals surface area contributed by atoms with E-state index in [4.69, 9.17) is 4.42 Å². The Morgan fingerprint density at radius 3 is 2.82 bits per heavy atom. The zero-order valence-electron chi connectivity index (χ0n) is 13.4. The highest BCUT2D eigenvalue weighted by atomic mass is 16.4. The van der Waals surface area contributed by atoms with Crippen LogP contribution in [0.2, 0.25) is 0 Å². The van der Waals surface area contributed by atoms with E-state index in [9.17, 15) is 0 Å². The highest BCUT2D eigenvalue weighted by molar-refractivity contribution is 6.03. The molecule has 1 fully saturated rings. The molecule has 0 spiro atoms. The molecule has 6 nitrogen and oxygen atoms in total. The summed E-state index contributed by atoms with van der Waals surface area (Å²) < 4.78 is 5.97. The van der Waals surface area contributed by atoms with E-state index in [0.29, 0.717) is 11.9 Å². The largest absolute Gasteiger partial charge is 0.423 e. The van der Waals surface area contributed by atoms with Crippen LogP contribution in [0.25, 0.3) is 11.1 Å². The third kappa shape index (κ3) is 2.92. The van der Waals surface area contributed by atoms with Gasteiger partial charge < -0.3 is 20.1 Å². The molecule has 2 aromatic rings. The smallest absolute Gasteiger partial charge is 0.298 e. The van der Waals surface area contributed by atoms with Crippen LogP contribution in [0.3, 0.4) is 0 Å². The monoisotopic (exact) mass is 301 g/mol. The van der Waals surface area contributed by atoms with Crippen LogP contribution in [0.4, 0.5) is 6.01 Å². The van der Waals surface area contributed by atoms with Gasteiger partial charge in [0.15, 0.2) is 5.58 Å². The summed E-state index contributed by atoms with van der Waals surface area (Å²) in [7, 11) is 1.82. The molecule has 1 aliphatic heterocycles. The lowest BCUT2D eigenvalue weighted by Crippen LogP contribution is -2.43. The van der Waals surface area contributed by atoms with E-state index in [1.54, 1.807) is 0 Å². The Morgan fingerprint density at radius 1 is 1.36 bits per heavy atom. The third-order valence-electron chi connectivity index (χ3n) is 3.84. The van der Waals surface area contributed by atoms with Gasteiger partial charge >= 0.3 is 0 Å². The van der Waals surface area contributed by atoms with Crippen LogP contribution in [-0.4, -0.2) is 43.9 Å². The number of aromatic nitrogens is 1. The first kappa shape index (κ1) is 14.8. The number of anilines is 1. The van der Waals surface area contributed by atoms with Crippen molar-refractivity contribution in [1.29, 1.82) is 0 Å². The van der Waals surface area contributed by atoms with E-state index >= 15 is 0 Å². The molecular weight excluding hydrogens is 278 g/mol. The minimum atomic E-state index is 0.334. The Bertz CT molecular complexity index is 670. The number of oxazole rings is 1. The minimum absolute atomic E-state index is 0.334. The van der Waals surface area contributed by atoms with Crippen molar-refractivity contribution >= 4 is 22.8 Å². The first-order chi connectivity index (χ1) is 10.7. The number of piperazine rings is 1. The molecule has 1 saturated heterocycles. The fourth-order valence-corrected chi connectivity index (χ4v) is 2.71. The van der Waals surface area contributed by atoms with E-state index in [1.807, 2.05) is 19.2 Å². The van der Waals surface area contributed by atoms with Crippen LogP contribution in [0.15, 0.2) is 27.7 Å². The summed E-state index contributed by atoms with van der Waals surface area (Å²) in [6.07, 6.45) is 0. The van der Waals surface area contributed by atoms with Crippen molar-refractivity contribution in [3.05, 3.63) is 23.8 Å². The van der Waals surface area contributed by atoms with Gasteiger partial charge in [-0.15, -0.1) is 0 Å². The van der Waals surface area contributed by atoms with Crippen molar-refractivity contribution in [2.75, 3.05) is 38.1 Å². The molecule has 1 aliphatic rings. The van der Waals surface area contributed by atoms with Crippen LogP contribution in [0, 0.1) is 5.92 Å². The number of rotatable bonds is 4. The molecule has 3 rings (SSSR count). The highest BCUT2D eigenvalue weighted by Gasteiger charge is 2.17. The molecule has 6 heteroatoms. The van der Waals surface area contributed by atoms with Crippen molar-refractivity contribution in [2.45, 2.75) is 13.8 Å². The topological polar surface area (TPSA) is 65.7 Å². The molecule has 0 amide bonds. The molecule has 1 aromatic heterocycles. The molecule has 2 heterocycles. The predicted molar refractivity (Wildman–Crippen MR) is 89.5 cm³/mol. The summed E-state index contributed by atoms with van der Waals surface area (Å²) in [6, 6.07) is 6.81. The summed E-state index contributed by atoms with van der Waals surface area (Å²) in [4.78, 5) is 6.79. The van der Waals surface area contributed by atoms with Crippen LogP contribution < -0.4 is 15.6 Å². The van der Waals surface area contributed by atoms with Gasteiger partial charge in [0.05, 0.1) is 5.71 Å². The first-order valence-corrected chi connectivity index (χ1v) is 7.80. The van der Waals surface area contributed by atoms with Gasteiger partial charge in [-0.2, -0.15) is 10.1 Å². The average Bonchev–Trinajstić information content (AvgIpc) is 2.96. The van der Waals surface area contributed by atoms with Crippen molar-refractivity contribution in [1.82, 2.24) is 15.7 Å². The third-order valence-corrected chi connectivity index (χ3v) is 3.84. The molecule has 2 N–H and O–H groups in total. The van der Waals surface area contributed by atoms with Gasteiger partial charge in [0.2, 0.25) is 0 Å². The predicted octanol–water partition coefficient (Wildman–Crippen LogP) is 1.82. The molecule has 22 heavy (non-hydrogen) atoms. The maximum Gasteiger partial charge on any atom is 0.298 e.